The Morgan fingerprint density at radius 2 is 2.07 bits per heavy atom. The van der Waals surface area contributed by atoms with E-state index >= 15 is 0 Å². The topological polar surface area (TPSA) is 37.3 Å². The number of hydrogen-bond acceptors (Lipinski definition) is 2. The minimum atomic E-state index is 0.474. The number of carbonyl (C=O) groups is 1. The normalized spacial score (nSPS) is 15.1. The molecule has 1 fully saturated rings. The number of rotatable bonds is 5. The maximum atomic E-state index is 10.3. The van der Waals surface area contributed by atoms with Crippen molar-refractivity contribution in [3.63, 3.8) is 0 Å². The molecular weight excluding hydrogens is 176 g/mol. The number of aldehydes is 1. The van der Waals surface area contributed by atoms with E-state index in [1.165, 1.54) is 12.8 Å². The van der Waals surface area contributed by atoms with Crippen molar-refractivity contribution in [1.82, 2.24) is 0 Å². The Labute approximate surface area is 85.6 Å². The number of aliphatic hydroxyl groups is 1. The number of aliphatic hydroxyl groups excluding tert-OH is 1. The quantitative estimate of drug-likeness (QED) is 0.538. The third kappa shape index (κ3) is 4.19. The Morgan fingerprint density at radius 3 is 2.43 bits per heavy atom. The monoisotopic (exact) mass is 194 g/mol. The van der Waals surface area contributed by atoms with Gasteiger partial charge in [-0.1, -0.05) is 25.3 Å². The summed E-state index contributed by atoms with van der Waals surface area (Å²) in [5, 5.41) is 7.00. The molecule has 0 aromatic heterocycles. The molecule has 1 saturated carbocycles. The maximum absolute atomic E-state index is 10.3. The van der Waals surface area contributed by atoms with Gasteiger partial charge in [-0.3, -0.25) is 0 Å². The smallest absolute Gasteiger partial charge is 0.124 e. The fourth-order valence-electron chi connectivity index (χ4n) is 1.23. The van der Waals surface area contributed by atoms with E-state index in [-0.39, 0.29) is 0 Å². The van der Waals surface area contributed by atoms with Gasteiger partial charge in [0, 0.05) is 13.5 Å². The minimum absolute atomic E-state index is 0.474. The van der Waals surface area contributed by atoms with Crippen LogP contribution in [0, 0.1) is 5.92 Å². The lowest BCUT2D eigenvalue weighted by Gasteiger charge is -2.04. The van der Waals surface area contributed by atoms with E-state index in [1.807, 2.05) is 6.08 Å². The highest BCUT2D eigenvalue weighted by atomic mass is 16.2. The van der Waals surface area contributed by atoms with Gasteiger partial charge in [-0.2, -0.15) is 0 Å². The second kappa shape index (κ2) is 7.27. The zero-order valence-electron chi connectivity index (χ0n) is 8.70. The Kier molecular flexibility index (Phi) is 6.68. The number of allylic oxidation sites excluding steroid dienone is 4. The molecule has 0 bridgehead atoms. The van der Waals surface area contributed by atoms with Crippen LogP contribution < -0.4 is 0 Å². The summed E-state index contributed by atoms with van der Waals surface area (Å²) in [5.41, 5.74) is 2.17. The van der Waals surface area contributed by atoms with Crippen LogP contribution in [0.25, 0.3) is 0 Å². The van der Waals surface area contributed by atoms with E-state index in [0.717, 1.165) is 24.5 Å². The lowest BCUT2D eigenvalue weighted by Crippen LogP contribution is -1.91. The summed E-state index contributed by atoms with van der Waals surface area (Å²) in [4.78, 5) is 10.3. The number of carbonyl (C=O) groups excluding carboxylic acids is 1. The highest BCUT2D eigenvalue weighted by molar-refractivity contribution is 5.58. The fourth-order valence-corrected chi connectivity index (χ4v) is 1.23. The summed E-state index contributed by atoms with van der Waals surface area (Å²) in [6, 6.07) is 0. The summed E-state index contributed by atoms with van der Waals surface area (Å²) in [7, 11) is 1.00. The standard InChI is InChI=1S/C11H14O.CH4O/c1-3-4-10(7-8-12)9(2)11-5-6-11;1-2/h3-4,8,11H,1-2,5-7H2;2H,1H3/b10-4-;. The maximum Gasteiger partial charge on any atom is 0.124 e. The average Bonchev–Trinajstić information content (AvgIpc) is 3.03. The van der Waals surface area contributed by atoms with Crippen molar-refractivity contribution in [1.29, 1.82) is 0 Å². The first-order valence-corrected chi connectivity index (χ1v) is 4.68. The van der Waals surface area contributed by atoms with Crippen molar-refractivity contribution < 1.29 is 9.90 Å². The predicted molar refractivity (Wildman–Crippen MR) is 59.0 cm³/mol. The summed E-state index contributed by atoms with van der Waals surface area (Å²) in [5.74, 6) is 0.635. The molecule has 0 radical (unpaired) electrons. The molecule has 1 aliphatic rings. The van der Waals surface area contributed by atoms with Crippen molar-refractivity contribution >= 4 is 6.29 Å². The number of hydrogen-bond donors (Lipinski definition) is 1. The Bertz CT molecular complexity index is 235. The first-order valence-electron chi connectivity index (χ1n) is 4.68. The van der Waals surface area contributed by atoms with E-state index < -0.39 is 0 Å². The molecule has 2 nitrogen and oxygen atoms in total. The van der Waals surface area contributed by atoms with Crippen LogP contribution in [0.15, 0.2) is 36.5 Å². The van der Waals surface area contributed by atoms with Crippen LogP contribution in [-0.2, 0) is 4.79 Å². The van der Waals surface area contributed by atoms with Crippen molar-refractivity contribution in [2.75, 3.05) is 7.11 Å². The summed E-state index contributed by atoms with van der Waals surface area (Å²) >= 11 is 0. The molecule has 2 heteroatoms. The van der Waals surface area contributed by atoms with E-state index in [0.29, 0.717) is 12.3 Å². The molecule has 0 aromatic rings. The van der Waals surface area contributed by atoms with Crippen LogP contribution in [0.1, 0.15) is 19.3 Å². The van der Waals surface area contributed by atoms with Crippen LogP contribution in [0.2, 0.25) is 0 Å². The second-order valence-corrected chi connectivity index (χ2v) is 3.10. The van der Waals surface area contributed by atoms with Crippen molar-refractivity contribution in [3.8, 4) is 0 Å². The molecule has 1 N–H and O–H groups in total. The molecule has 0 spiro atoms. The average molecular weight is 194 g/mol. The highest BCUT2D eigenvalue weighted by Crippen LogP contribution is 2.39. The Morgan fingerprint density at radius 1 is 1.50 bits per heavy atom. The van der Waals surface area contributed by atoms with Gasteiger partial charge >= 0.3 is 0 Å². The van der Waals surface area contributed by atoms with Crippen LogP contribution in [0.5, 0.6) is 0 Å². The predicted octanol–water partition coefficient (Wildman–Crippen LogP) is 2.26. The summed E-state index contributed by atoms with van der Waals surface area (Å²) < 4.78 is 0. The van der Waals surface area contributed by atoms with Gasteiger partial charge in [0.1, 0.15) is 6.29 Å². The van der Waals surface area contributed by atoms with Gasteiger partial charge in [0.25, 0.3) is 0 Å². The molecule has 1 rings (SSSR count). The van der Waals surface area contributed by atoms with Gasteiger partial charge in [-0.25, -0.2) is 0 Å². The fraction of sp³-hybridized carbons (Fsp3) is 0.417. The summed E-state index contributed by atoms with van der Waals surface area (Å²) in [6.07, 6.45) is 7.45. The lowest BCUT2D eigenvalue weighted by atomic mass is 10.0. The first kappa shape index (κ1) is 12.8. The van der Waals surface area contributed by atoms with Gasteiger partial charge < -0.3 is 9.90 Å². The minimum Gasteiger partial charge on any atom is -0.400 e. The molecular formula is C12H18O2. The Hall–Kier alpha value is -1.15. The van der Waals surface area contributed by atoms with E-state index in [9.17, 15) is 4.79 Å². The molecule has 0 atom stereocenters. The van der Waals surface area contributed by atoms with Crippen LogP contribution in [-0.4, -0.2) is 18.5 Å². The van der Waals surface area contributed by atoms with Gasteiger partial charge in [-0.15, -0.1) is 0 Å². The Balaban J connectivity index is 0.000000791. The molecule has 0 aliphatic heterocycles. The van der Waals surface area contributed by atoms with Crippen molar-refractivity contribution in [2.45, 2.75) is 19.3 Å². The van der Waals surface area contributed by atoms with Gasteiger partial charge in [0.2, 0.25) is 0 Å². The van der Waals surface area contributed by atoms with Crippen molar-refractivity contribution in [2.24, 2.45) is 5.92 Å². The highest BCUT2D eigenvalue weighted by Gasteiger charge is 2.25. The van der Waals surface area contributed by atoms with Crippen LogP contribution >= 0.6 is 0 Å². The molecule has 0 amide bonds. The van der Waals surface area contributed by atoms with Gasteiger partial charge in [0.05, 0.1) is 0 Å². The zero-order chi connectivity index (χ0) is 11.0. The van der Waals surface area contributed by atoms with E-state index in [4.69, 9.17) is 5.11 Å². The molecule has 0 saturated heterocycles. The van der Waals surface area contributed by atoms with Crippen molar-refractivity contribution in [3.05, 3.63) is 36.5 Å². The third-order valence-corrected chi connectivity index (χ3v) is 2.10. The molecule has 78 valence electrons. The molecule has 1 aliphatic carbocycles. The van der Waals surface area contributed by atoms with E-state index in [1.54, 1.807) is 6.08 Å². The summed E-state index contributed by atoms with van der Waals surface area (Å²) in [6.45, 7) is 7.59. The molecule has 0 heterocycles. The zero-order valence-corrected chi connectivity index (χ0v) is 8.70. The van der Waals surface area contributed by atoms with Gasteiger partial charge in [0.15, 0.2) is 0 Å². The first-order chi connectivity index (χ1) is 6.79. The SMILES string of the molecule is C=C/C=C(/CC=O)C(=C)C1CC1.CO. The lowest BCUT2D eigenvalue weighted by molar-refractivity contribution is -0.107. The molecule has 0 unspecified atom stereocenters. The van der Waals surface area contributed by atoms with E-state index in [2.05, 4.69) is 13.2 Å². The molecule has 14 heavy (non-hydrogen) atoms. The molecule has 0 aromatic carbocycles. The van der Waals surface area contributed by atoms with Crippen LogP contribution in [0.4, 0.5) is 0 Å². The second-order valence-electron chi connectivity index (χ2n) is 3.10. The largest absolute Gasteiger partial charge is 0.400 e. The van der Waals surface area contributed by atoms with Crippen LogP contribution in [0.3, 0.4) is 0 Å². The van der Waals surface area contributed by atoms with Gasteiger partial charge in [-0.05, 0) is 29.9 Å². The third-order valence-electron chi connectivity index (χ3n) is 2.10.